The predicted molar refractivity (Wildman–Crippen MR) is 133 cm³/mol. The van der Waals surface area contributed by atoms with Gasteiger partial charge in [0.05, 0.1) is 11.0 Å². The van der Waals surface area contributed by atoms with Crippen LogP contribution in [0.3, 0.4) is 0 Å². The Morgan fingerprint density at radius 1 is 0.909 bits per heavy atom. The van der Waals surface area contributed by atoms with E-state index < -0.39 is 10.8 Å². The fourth-order valence-electron chi connectivity index (χ4n) is 4.14. The summed E-state index contributed by atoms with van der Waals surface area (Å²) in [5.74, 6) is -0.330. The van der Waals surface area contributed by atoms with Crippen molar-refractivity contribution in [2.24, 2.45) is 0 Å². The Morgan fingerprint density at radius 3 is 2.03 bits per heavy atom. The van der Waals surface area contributed by atoms with Crippen molar-refractivity contribution >= 4 is 22.8 Å². The van der Waals surface area contributed by atoms with Crippen LogP contribution in [0.25, 0.3) is 17.0 Å². The molecule has 1 aliphatic rings. The third-order valence-electron chi connectivity index (χ3n) is 6.03. The molecule has 1 aliphatic carbocycles. The van der Waals surface area contributed by atoms with Crippen LogP contribution < -0.4 is 5.43 Å². The van der Waals surface area contributed by atoms with Crippen LogP contribution in [0.15, 0.2) is 56.3 Å². The molecule has 0 unspecified atom stereocenters. The fourth-order valence-corrected chi connectivity index (χ4v) is 4.14. The maximum atomic E-state index is 13.9. The molecule has 5 heteroatoms. The number of hydrogen-bond donors (Lipinski definition) is 2. The Morgan fingerprint density at radius 2 is 1.48 bits per heavy atom. The molecule has 0 saturated carbocycles. The van der Waals surface area contributed by atoms with Gasteiger partial charge in [-0.25, -0.2) is 0 Å². The number of fused-ring (bicyclic) bond motifs is 2. The highest BCUT2D eigenvalue weighted by molar-refractivity contribution is 6.06. The number of hydrogen-bond acceptors (Lipinski definition) is 5. The molecule has 0 radical (unpaired) electrons. The first-order valence-corrected chi connectivity index (χ1v) is 11.2. The summed E-state index contributed by atoms with van der Waals surface area (Å²) in [5.41, 5.74) is 2.13. The van der Waals surface area contributed by atoms with Gasteiger partial charge in [0.2, 0.25) is 5.43 Å². The third kappa shape index (κ3) is 4.58. The fraction of sp³-hybridized carbons (Fsp3) is 0.357. The molecular weight excluding hydrogens is 416 g/mol. The molecule has 1 aromatic carbocycles. The predicted octanol–water partition coefficient (Wildman–Crippen LogP) is 6.26. The number of carbonyl (C=O) groups is 1. The van der Waals surface area contributed by atoms with Crippen LogP contribution in [0.5, 0.6) is 11.5 Å². The van der Waals surface area contributed by atoms with Crippen LogP contribution in [0.1, 0.15) is 71.3 Å². The lowest BCUT2D eigenvalue weighted by Gasteiger charge is -2.33. The second-order valence-electron chi connectivity index (χ2n) is 9.50. The normalized spacial score (nSPS) is 14.1. The van der Waals surface area contributed by atoms with E-state index in [1.54, 1.807) is 0 Å². The van der Waals surface area contributed by atoms with Crippen molar-refractivity contribution in [2.75, 3.05) is 0 Å². The molecule has 5 nitrogen and oxygen atoms in total. The van der Waals surface area contributed by atoms with Gasteiger partial charge >= 0.3 is 0 Å². The smallest absolute Gasteiger partial charge is 0.201 e. The molecule has 0 bridgehead atoms. The van der Waals surface area contributed by atoms with E-state index in [0.29, 0.717) is 12.8 Å². The lowest BCUT2D eigenvalue weighted by molar-refractivity contribution is -0.120. The highest BCUT2D eigenvalue weighted by Crippen LogP contribution is 2.42. The number of allylic oxidation sites excluding steroid dienone is 7. The van der Waals surface area contributed by atoms with Gasteiger partial charge in [0, 0.05) is 11.6 Å². The molecule has 33 heavy (non-hydrogen) atoms. The van der Waals surface area contributed by atoms with Crippen molar-refractivity contribution in [3.05, 3.63) is 74.2 Å². The molecular formula is C28H32O5. The standard InChI is InChI=1S/C28H32O5/c1-16(2)7-8-19-20(29)15-22-24(26(19)31)27(32)25-21(33-22)9-10-23(30)28(25,13-11-17(3)4)14-12-18(5)6/h7,9-12,15,29,31H,8,13-14H2,1-6H3. The van der Waals surface area contributed by atoms with Crippen LogP contribution in [-0.4, -0.2) is 16.0 Å². The molecule has 0 fully saturated rings. The molecule has 0 amide bonds. The van der Waals surface area contributed by atoms with E-state index in [0.717, 1.165) is 16.7 Å². The lowest BCUT2D eigenvalue weighted by atomic mass is 9.68. The summed E-state index contributed by atoms with van der Waals surface area (Å²) in [4.78, 5) is 27.2. The average molecular weight is 449 g/mol. The van der Waals surface area contributed by atoms with E-state index in [1.807, 2.05) is 59.8 Å². The van der Waals surface area contributed by atoms with Gasteiger partial charge in [-0.3, -0.25) is 9.59 Å². The van der Waals surface area contributed by atoms with Gasteiger partial charge < -0.3 is 14.6 Å². The summed E-state index contributed by atoms with van der Waals surface area (Å²) >= 11 is 0. The van der Waals surface area contributed by atoms with E-state index in [4.69, 9.17) is 4.42 Å². The largest absolute Gasteiger partial charge is 0.507 e. The van der Waals surface area contributed by atoms with Gasteiger partial charge in [-0.1, -0.05) is 34.9 Å². The average Bonchev–Trinajstić information content (AvgIpc) is 2.71. The van der Waals surface area contributed by atoms with Crippen molar-refractivity contribution in [3.8, 4) is 11.5 Å². The number of carbonyl (C=O) groups excluding carboxylic acids is 1. The van der Waals surface area contributed by atoms with Crippen LogP contribution in [0.4, 0.5) is 0 Å². The number of phenolic OH excluding ortho intramolecular Hbond substituents is 2. The van der Waals surface area contributed by atoms with E-state index in [9.17, 15) is 19.8 Å². The maximum absolute atomic E-state index is 13.9. The first-order valence-electron chi connectivity index (χ1n) is 11.2. The number of phenols is 2. The van der Waals surface area contributed by atoms with Crippen molar-refractivity contribution in [2.45, 2.75) is 66.2 Å². The summed E-state index contributed by atoms with van der Waals surface area (Å²) in [5, 5.41) is 21.5. The van der Waals surface area contributed by atoms with E-state index >= 15 is 0 Å². The second kappa shape index (κ2) is 9.26. The molecule has 2 N–H and O–H groups in total. The van der Waals surface area contributed by atoms with Crippen LogP contribution >= 0.6 is 0 Å². The zero-order valence-corrected chi connectivity index (χ0v) is 20.2. The van der Waals surface area contributed by atoms with E-state index in [2.05, 4.69) is 0 Å². The minimum absolute atomic E-state index is 0.00872. The van der Waals surface area contributed by atoms with Crippen LogP contribution in [0.2, 0.25) is 0 Å². The van der Waals surface area contributed by atoms with E-state index in [-0.39, 0.29) is 51.6 Å². The first kappa shape index (κ1) is 24.3. The minimum Gasteiger partial charge on any atom is -0.507 e. The molecule has 3 rings (SSSR count). The molecule has 1 aromatic heterocycles. The molecule has 0 spiro atoms. The molecule has 0 atom stereocenters. The van der Waals surface area contributed by atoms with E-state index in [1.165, 1.54) is 18.2 Å². The highest BCUT2D eigenvalue weighted by atomic mass is 16.3. The van der Waals surface area contributed by atoms with Gasteiger partial charge in [0.15, 0.2) is 5.78 Å². The number of ketones is 1. The monoisotopic (exact) mass is 448 g/mol. The van der Waals surface area contributed by atoms with Gasteiger partial charge in [0.1, 0.15) is 28.2 Å². The molecule has 2 aromatic rings. The summed E-state index contributed by atoms with van der Waals surface area (Å²) in [6, 6.07) is 1.36. The van der Waals surface area contributed by atoms with Crippen molar-refractivity contribution in [1.82, 2.24) is 0 Å². The lowest BCUT2D eigenvalue weighted by Crippen LogP contribution is -2.41. The summed E-state index contributed by atoms with van der Waals surface area (Å²) < 4.78 is 6.01. The zero-order chi connectivity index (χ0) is 24.5. The Labute approximate surface area is 194 Å². The molecule has 174 valence electrons. The quantitative estimate of drug-likeness (QED) is 0.509. The summed E-state index contributed by atoms with van der Waals surface area (Å²) in [6.07, 6.45) is 9.70. The highest BCUT2D eigenvalue weighted by Gasteiger charge is 2.44. The van der Waals surface area contributed by atoms with Crippen molar-refractivity contribution in [1.29, 1.82) is 0 Å². The van der Waals surface area contributed by atoms with Crippen LogP contribution in [0, 0.1) is 0 Å². The van der Waals surface area contributed by atoms with Crippen LogP contribution in [-0.2, 0) is 16.6 Å². The molecule has 1 heterocycles. The molecule has 0 saturated heterocycles. The topological polar surface area (TPSA) is 87.7 Å². The summed E-state index contributed by atoms with van der Waals surface area (Å²) in [6.45, 7) is 11.6. The Kier molecular flexibility index (Phi) is 6.82. The van der Waals surface area contributed by atoms with Gasteiger partial charge in [0.25, 0.3) is 0 Å². The SMILES string of the molecule is CC(C)=CCc1c(O)cc2oc3c(c(=O)c2c1O)C(CC=C(C)C)(CC=C(C)C)C(=O)C=C3. The zero-order valence-electron chi connectivity index (χ0n) is 20.2. The Balaban J connectivity index is 2.40. The second-order valence-corrected chi connectivity index (χ2v) is 9.50. The van der Waals surface area contributed by atoms with Gasteiger partial charge in [-0.15, -0.1) is 0 Å². The maximum Gasteiger partial charge on any atom is 0.201 e. The first-order chi connectivity index (χ1) is 15.5. The summed E-state index contributed by atoms with van der Waals surface area (Å²) in [7, 11) is 0. The number of rotatable bonds is 6. The van der Waals surface area contributed by atoms with Crippen molar-refractivity contribution in [3.63, 3.8) is 0 Å². The van der Waals surface area contributed by atoms with Crippen molar-refractivity contribution < 1.29 is 19.4 Å². The van der Waals surface area contributed by atoms with Gasteiger partial charge in [-0.05, 0) is 73.0 Å². The molecule has 0 aliphatic heterocycles. The number of benzene rings is 1. The third-order valence-corrected chi connectivity index (χ3v) is 6.03. The van der Waals surface area contributed by atoms with Gasteiger partial charge in [-0.2, -0.15) is 0 Å². The Bertz CT molecular complexity index is 1270. The Hall–Kier alpha value is -3.34. The number of aromatic hydroxyl groups is 2. The minimum atomic E-state index is -1.13.